The number of para-hydroxylation sites is 2. The van der Waals surface area contributed by atoms with E-state index in [1.165, 1.54) is 10.7 Å². The second kappa shape index (κ2) is 4.88. The Hall–Kier alpha value is -3.09. The first kappa shape index (κ1) is 12.0. The summed E-state index contributed by atoms with van der Waals surface area (Å²) in [5, 5.41) is 22.5. The molecule has 7 nitrogen and oxygen atoms in total. The lowest BCUT2D eigenvalue weighted by Crippen LogP contribution is -2.03. The molecule has 0 aliphatic rings. The van der Waals surface area contributed by atoms with Crippen LogP contribution in [0.15, 0.2) is 54.6 Å². The zero-order valence-electron chi connectivity index (χ0n) is 10.2. The second-order valence-electron chi connectivity index (χ2n) is 4.03. The van der Waals surface area contributed by atoms with Crippen molar-refractivity contribution in [1.82, 2.24) is 20.2 Å². The van der Waals surface area contributed by atoms with Crippen LogP contribution >= 0.6 is 0 Å². The Kier molecular flexibility index (Phi) is 2.92. The molecule has 0 saturated heterocycles. The fourth-order valence-corrected chi connectivity index (χ4v) is 1.91. The van der Waals surface area contributed by atoms with Gasteiger partial charge in [-0.15, -0.1) is 5.10 Å². The summed E-state index contributed by atoms with van der Waals surface area (Å²) in [6.07, 6.45) is 0. The smallest absolute Gasteiger partial charge is 0.258 e. The first-order chi connectivity index (χ1) is 9.77. The Labute approximate surface area is 113 Å². The van der Waals surface area contributed by atoms with Crippen LogP contribution < -0.4 is 0 Å². The highest BCUT2D eigenvalue weighted by Crippen LogP contribution is 2.25. The van der Waals surface area contributed by atoms with Crippen LogP contribution in [-0.2, 0) is 0 Å². The van der Waals surface area contributed by atoms with E-state index in [1.54, 1.807) is 18.2 Å². The third-order valence-electron chi connectivity index (χ3n) is 2.81. The predicted molar refractivity (Wildman–Crippen MR) is 71.2 cm³/mol. The van der Waals surface area contributed by atoms with Crippen LogP contribution in [0.25, 0.3) is 17.1 Å². The van der Waals surface area contributed by atoms with Crippen LogP contribution in [0, 0.1) is 10.1 Å². The average molecular weight is 267 g/mol. The number of rotatable bonds is 3. The van der Waals surface area contributed by atoms with Gasteiger partial charge in [-0.05, 0) is 16.5 Å². The van der Waals surface area contributed by atoms with E-state index in [-0.39, 0.29) is 5.69 Å². The number of aromatic nitrogens is 4. The van der Waals surface area contributed by atoms with Crippen molar-refractivity contribution < 1.29 is 4.92 Å². The molecule has 0 saturated carbocycles. The maximum Gasteiger partial charge on any atom is 0.295 e. The number of hydrogen-bond acceptors (Lipinski definition) is 5. The van der Waals surface area contributed by atoms with Crippen LogP contribution in [0.4, 0.5) is 5.69 Å². The highest BCUT2D eigenvalue weighted by atomic mass is 16.6. The number of nitro groups is 1. The number of tetrazole rings is 1. The number of nitrogens with zero attached hydrogens (tertiary/aromatic N) is 5. The Morgan fingerprint density at radius 1 is 1.00 bits per heavy atom. The van der Waals surface area contributed by atoms with Crippen LogP contribution in [0.1, 0.15) is 0 Å². The molecular formula is C13H9N5O2. The molecule has 2 aromatic carbocycles. The molecule has 0 radical (unpaired) electrons. The monoisotopic (exact) mass is 267 g/mol. The minimum Gasteiger partial charge on any atom is -0.258 e. The first-order valence-corrected chi connectivity index (χ1v) is 5.85. The van der Waals surface area contributed by atoms with E-state index in [0.29, 0.717) is 11.5 Å². The number of nitro benzene ring substituents is 1. The zero-order valence-corrected chi connectivity index (χ0v) is 10.2. The molecule has 3 rings (SSSR count). The van der Waals surface area contributed by atoms with Gasteiger partial charge in [0.25, 0.3) is 5.69 Å². The lowest BCUT2D eigenvalue weighted by molar-refractivity contribution is -0.384. The molecule has 0 aliphatic heterocycles. The summed E-state index contributed by atoms with van der Waals surface area (Å²) >= 11 is 0. The third kappa shape index (κ3) is 2.01. The summed E-state index contributed by atoms with van der Waals surface area (Å²) in [6, 6.07) is 15.6. The fraction of sp³-hybridized carbons (Fsp3) is 0. The molecule has 7 heteroatoms. The Bertz CT molecular complexity index is 754. The largest absolute Gasteiger partial charge is 0.295 e. The SMILES string of the molecule is O=[N+]([O-])c1ccccc1-n1nnnc1-c1ccccc1. The molecule has 98 valence electrons. The van der Waals surface area contributed by atoms with E-state index in [4.69, 9.17) is 0 Å². The van der Waals surface area contributed by atoms with Crippen LogP contribution in [0.3, 0.4) is 0 Å². The molecule has 0 atom stereocenters. The van der Waals surface area contributed by atoms with E-state index in [2.05, 4.69) is 15.5 Å². The maximum atomic E-state index is 11.1. The van der Waals surface area contributed by atoms with Crippen molar-refractivity contribution in [3.05, 3.63) is 64.7 Å². The second-order valence-corrected chi connectivity index (χ2v) is 4.03. The van der Waals surface area contributed by atoms with Crippen LogP contribution in [-0.4, -0.2) is 25.1 Å². The normalized spacial score (nSPS) is 10.4. The van der Waals surface area contributed by atoms with Crippen LogP contribution in [0.2, 0.25) is 0 Å². The highest BCUT2D eigenvalue weighted by molar-refractivity contribution is 5.60. The summed E-state index contributed by atoms with van der Waals surface area (Å²) in [4.78, 5) is 10.6. The molecule has 0 fully saturated rings. The maximum absolute atomic E-state index is 11.1. The van der Waals surface area contributed by atoms with Crippen molar-refractivity contribution >= 4 is 5.69 Å². The minimum absolute atomic E-state index is 0.0445. The van der Waals surface area contributed by atoms with E-state index in [1.807, 2.05) is 30.3 Å². The van der Waals surface area contributed by atoms with E-state index >= 15 is 0 Å². The van der Waals surface area contributed by atoms with Crippen molar-refractivity contribution in [3.63, 3.8) is 0 Å². The third-order valence-corrected chi connectivity index (χ3v) is 2.81. The van der Waals surface area contributed by atoms with Gasteiger partial charge in [0, 0.05) is 11.6 Å². The molecule has 0 bridgehead atoms. The van der Waals surface area contributed by atoms with Gasteiger partial charge in [0.2, 0.25) is 0 Å². The first-order valence-electron chi connectivity index (χ1n) is 5.85. The van der Waals surface area contributed by atoms with E-state index in [9.17, 15) is 10.1 Å². The molecule has 0 spiro atoms. The summed E-state index contributed by atoms with van der Waals surface area (Å²) < 4.78 is 1.37. The van der Waals surface area contributed by atoms with Gasteiger partial charge in [-0.25, -0.2) is 0 Å². The topological polar surface area (TPSA) is 86.7 Å². The Balaban J connectivity index is 2.18. The van der Waals surface area contributed by atoms with E-state index in [0.717, 1.165) is 5.56 Å². The standard InChI is InChI=1S/C13H9N5O2/c19-18(20)12-9-5-4-8-11(12)17-13(14-15-16-17)10-6-2-1-3-7-10/h1-9H. The predicted octanol–water partition coefficient (Wildman–Crippen LogP) is 2.24. The lowest BCUT2D eigenvalue weighted by Gasteiger charge is -2.04. The van der Waals surface area contributed by atoms with Gasteiger partial charge in [0.05, 0.1) is 4.92 Å². The molecule has 0 aliphatic carbocycles. The molecule has 3 aromatic rings. The fourth-order valence-electron chi connectivity index (χ4n) is 1.91. The Morgan fingerprint density at radius 3 is 2.45 bits per heavy atom. The lowest BCUT2D eigenvalue weighted by atomic mass is 10.2. The summed E-state index contributed by atoms with van der Waals surface area (Å²) in [5.41, 5.74) is 1.08. The van der Waals surface area contributed by atoms with Crippen molar-refractivity contribution in [2.45, 2.75) is 0 Å². The zero-order chi connectivity index (χ0) is 13.9. The van der Waals surface area contributed by atoms with Crippen molar-refractivity contribution in [2.75, 3.05) is 0 Å². The summed E-state index contributed by atoms with van der Waals surface area (Å²) in [6.45, 7) is 0. The highest BCUT2D eigenvalue weighted by Gasteiger charge is 2.19. The number of hydrogen-bond donors (Lipinski definition) is 0. The van der Waals surface area contributed by atoms with Crippen molar-refractivity contribution in [2.24, 2.45) is 0 Å². The van der Waals surface area contributed by atoms with Gasteiger partial charge in [0.15, 0.2) is 5.82 Å². The van der Waals surface area contributed by atoms with Crippen molar-refractivity contribution in [3.8, 4) is 17.1 Å². The molecular weight excluding hydrogens is 258 g/mol. The summed E-state index contributed by atoms with van der Waals surface area (Å²) in [7, 11) is 0. The van der Waals surface area contributed by atoms with Crippen molar-refractivity contribution in [1.29, 1.82) is 0 Å². The van der Waals surface area contributed by atoms with Gasteiger partial charge in [-0.2, -0.15) is 4.68 Å². The minimum atomic E-state index is -0.453. The molecule has 1 aromatic heterocycles. The van der Waals surface area contributed by atoms with Crippen LogP contribution in [0.5, 0.6) is 0 Å². The average Bonchev–Trinajstić information content (AvgIpc) is 2.97. The molecule has 20 heavy (non-hydrogen) atoms. The molecule has 0 N–H and O–H groups in total. The molecule has 0 amide bonds. The quantitative estimate of drug-likeness (QED) is 0.536. The Morgan fingerprint density at radius 2 is 1.70 bits per heavy atom. The summed E-state index contributed by atoms with van der Waals surface area (Å²) in [5.74, 6) is 0.458. The van der Waals surface area contributed by atoms with E-state index < -0.39 is 4.92 Å². The number of benzene rings is 2. The molecule has 1 heterocycles. The van der Waals surface area contributed by atoms with Gasteiger partial charge in [-0.1, -0.05) is 42.5 Å². The molecule has 0 unspecified atom stereocenters. The van der Waals surface area contributed by atoms with Gasteiger partial charge >= 0.3 is 0 Å². The van der Waals surface area contributed by atoms with Gasteiger partial charge in [0.1, 0.15) is 5.69 Å². The van der Waals surface area contributed by atoms with Gasteiger partial charge < -0.3 is 0 Å². The van der Waals surface area contributed by atoms with Gasteiger partial charge in [-0.3, -0.25) is 10.1 Å².